The molecule has 126 heavy (non-hydrogen) atoms. The third-order valence-corrected chi connectivity index (χ3v) is 26.3. The van der Waals surface area contributed by atoms with Crippen molar-refractivity contribution in [2.24, 2.45) is 0 Å². The van der Waals surface area contributed by atoms with Crippen LogP contribution >= 0.6 is 0 Å². The molecule has 0 saturated carbocycles. The van der Waals surface area contributed by atoms with Crippen molar-refractivity contribution in [3.63, 3.8) is 0 Å². The van der Waals surface area contributed by atoms with Crippen molar-refractivity contribution in [3.8, 4) is 36.2 Å². The van der Waals surface area contributed by atoms with Gasteiger partial charge in [-0.3, -0.25) is 29.1 Å². The number of hydrogen-bond acceptors (Lipinski definition) is 27. The topological polar surface area (TPSA) is 294 Å². The molecular formula is C96H107N21O9. The molecule has 6 atom stereocenters. The van der Waals surface area contributed by atoms with Gasteiger partial charge in [-0.25, -0.2) is 0 Å². The number of rotatable bonds is 25. The zero-order valence-corrected chi connectivity index (χ0v) is 71.6. The molecule has 0 bridgehead atoms. The highest BCUT2D eigenvalue weighted by molar-refractivity contribution is 5.97. The van der Waals surface area contributed by atoms with E-state index >= 15 is 0 Å². The Morgan fingerprint density at radius 2 is 0.810 bits per heavy atom. The van der Waals surface area contributed by atoms with E-state index in [1.165, 1.54) is 29.0 Å². The molecule has 650 valence electrons. The number of nitriles is 3. The lowest BCUT2D eigenvalue weighted by Crippen LogP contribution is -2.55. The molecule has 0 spiro atoms. The van der Waals surface area contributed by atoms with Gasteiger partial charge in [0.1, 0.15) is 49.5 Å². The maximum absolute atomic E-state index is 13.3. The van der Waals surface area contributed by atoms with Gasteiger partial charge >= 0.3 is 18.0 Å². The van der Waals surface area contributed by atoms with Gasteiger partial charge in [0.25, 0.3) is 0 Å². The van der Waals surface area contributed by atoms with E-state index in [1.54, 1.807) is 14.7 Å². The molecule has 18 rings (SSSR count). The third-order valence-electron chi connectivity index (χ3n) is 26.3. The van der Waals surface area contributed by atoms with Crippen LogP contribution < -0.4 is 43.6 Å². The first-order valence-electron chi connectivity index (χ1n) is 44.2. The van der Waals surface area contributed by atoms with E-state index in [9.17, 15) is 30.2 Å². The molecule has 3 amide bonds. The lowest BCUT2D eigenvalue weighted by Gasteiger charge is -2.42. The molecule has 3 unspecified atom stereocenters. The minimum absolute atomic E-state index is 0.0317. The van der Waals surface area contributed by atoms with Gasteiger partial charge in [-0.2, -0.15) is 45.7 Å². The highest BCUT2D eigenvalue weighted by Crippen LogP contribution is 2.42. The first kappa shape index (κ1) is 84.3. The number of hydrogen-bond donors (Lipinski definition) is 0. The largest absolute Gasteiger partial charge is 0.462 e. The van der Waals surface area contributed by atoms with E-state index in [2.05, 4.69) is 204 Å². The number of benzene rings is 6. The summed E-state index contributed by atoms with van der Waals surface area (Å²) in [7, 11) is 2.08. The van der Waals surface area contributed by atoms with E-state index in [0.717, 1.165) is 114 Å². The van der Waals surface area contributed by atoms with E-state index in [0.29, 0.717) is 183 Å². The van der Waals surface area contributed by atoms with Gasteiger partial charge < -0.3 is 72.5 Å². The van der Waals surface area contributed by atoms with Crippen LogP contribution in [0.15, 0.2) is 153 Å². The predicted octanol–water partition coefficient (Wildman–Crippen LogP) is 8.82. The number of anilines is 6. The van der Waals surface area contributed by atoms with E-state index in [-0.39, 0.29) is 105 Å². The highest BCUT2D eigenvalue weighted by Gasteiger charge is 2.40. The van der Waals surface area contributed by atoms with Crippen LogP contribution in [0.25, 0.3) is 32.3 Å². The van der Waals surface area contributed by atoms with Gasteiger partial charge in [-0.1, -0.05) is 105 Å². The Morgan fingerprint density at radius 3 is 1.22 bits per heavy atom. The standard InChI is InChI=1S/C96H107N21O9/c1-5-88(118)115-38-35-112(53-70(115)23-29-97)91-80-27-33-110(59-83(80)100-94(103-91)124-62-73-61-121-44-41-106(73)4)86-49-65(47-68-16-9-12-20-77(68)86)51-108-43-46-123-75(57-108)64-126-96-102-84-60-111(34-28-81(84)93(105-96)114-37-40-117(90(120)7-3)72(55-114)25-31-99)87-50-66(48-69-17-10-13-21-78(69)87)52-107-42-45-122-74(56-107)63-125-95-101-82-58-109(85-22-14-18-67-15-8-11-19-76(67)85)32-26-79(82)92(104-95)113-36-39-116(89(119)6-2)71(54-113)24-30-98/h5-22,47-50,70-75H,1-3,23-28,32-46,51-64H2,4H3/t70?,71?,72?,73-,74+,75-/m0/s1. The summed E-state index contributed by atoms with van der Waals surface area (Å²) in [6.07, 6.45) is 5.85. The number of morpholine rings is 3. The van der Waals surface area contributed by atoms with Crippen molar-refractivity contribution in [1.82, 2.24) is 59.3 Å². The number of likely N-dealkylation sites (N-methyl/N-ethyl adjacent to an activating group) is 1. The van der Waals surface area contributed by atoms with Crippen LogP contribution in [-0.4, -0.2) is 278 Å². The van der Waals surface area contributed by atoms with Crippen molar-refractivity contribution in [2.75, 3.05) is 194 Å². The van der Waals surface area contributed by atoms with Gasteiger partial charge in [0.2, 0.25) is 17.7 Å². The number of aromatic nitrogens is 6. The molecule has 9 aromatic rings. The summed E-state index contributed by atoms with van der Waals surface area (Å²) in [5.74, 6) is 1.72. The first-order valence-corrected chi connectivity index (χ1v) is 44.2. The van der Waals surface area contributed by atoms with Gasteiger partial charge in [-0.15, -0.1) is 0 Å². The Kier molecular flexibility index (Phi) is 25.5. The van der Waals surface area contributed by atoms with Crippen LogP contribution in [0.3, 0.4) is 0 Å². The summed E-state index contributed by atoms with van der Waals surface area (Å²) in [5.41, 5.74) is 11.3. The fourth-order valence-electron chi connectivity index (χ4n) is 19.8. The second-order valence-electron chi connectivity index (χ2n) is 34.1. The monoisotopic (exact) mass is 1700 g/mol. The highest BCUT2D eigenvalue weighted by atomic mass is 16.5. The summed E-state index contributed by atoms with van der Waals surface area (Å²) in [4.78, 5) is 96.9. The average Bonchev–Trinajstić information content (AvgIpc) is 0.766. The van der Waals surface area contributed by atoms with Crippen LogP contribution in [-0.2, 0) is 80.6 Å². The molecule has 0 N–H and O–H groups in total. The number of fused-ring (bicyclic) bond motifs is 6. The number of piperazine rings is 3. The van der Waals surface area contributed by atoms with E-state index < -0.39 is 0 Å². The molecule has 9 aliphatic heterocycles. The lowest BCUT2D eigenvalue weighted by atomic mass is 9.99. The van der Waals surface area contributed by atoms with Crippen molar-refractivity contribution >= 4 is 84.6 Å². The van der Waals surface area contributed by atoms with Crippen molar-refractivity contribution < 1.29 is 42.8 Å². The first-order chi connectivity index (χ1) is 61.7. The number of nitrogens with zero attached hydrogens (tertiary/aromatic N) is 21. The van der Waals surface area contributed by atoms with Crippen molar-refractivity contribution in [3.05, 3.63) is 198 Å². The molecule has 0 aliphatic carbocycles. The summed E-state index contributed by atoms with van der Waals surface area (Å²) < 4.78 is 38.9. The van der Waals surface area contributed by atoms with Gasteiger partial charge in [-0.05, 0) is 102 Å². The Bertz CT molecular complexity index is 5730. The summed E-state index contributed by atoms with van der Waals surface area (Å²) >= 11 is 0. The smallest absolute Gasteiger partial charge is 0.318 e. The molecule has 6 fully saturated rings. The summed E-state index contributed by atoms with van der Waals surface area (Å²) in [6.45, 7) is 26.7. The van der Waals surface area contributed by atoms with Crippen LogP contribution in [0.5, 0.6) is 18.0 Å². The third kappa shape index (κ3) is 18.2. The number of carbonyl (C=O) groups excluding carboxylic acids is 3. The van der Waals surface area contributed by atoms with E-state index in [4.69, 9.17) is 58.3 Å². The lowest BCUT2D eigenvalue weighted by molar-refractivity contribution is -0.129. The average molecular weight is 1700 g/mol. The summed E-state index contributed by atoms with van der Waals surface area (Å²) in [5, 5.41) is 36.9. The molecule has 6 aromatic carbocycles. The predicted molar refractivity (Wildman–Crippen MR) is 480 cm³/mol. The Balaban J connectivity index is 0.572. The molecule has 30 nitrogen and oxygen atoms in total. The molecule has 6 saturated heterocycles. The minimum Gasteiger partial charge on any atom is -0.462 e. The molecule has 12 heterocycles. The number of amides is 3. The maximum Gasteiger partial charge on any atom is 0.318 e. The molecule has 30 heteroatoms. The van der Waals surface area contributed by atoms with Crippen LogP contribution in [0.4, 0.5) is 34.5 Å². The van der Waals surface area contributed by atoms with Crippen LogP contribution in [0.1, 0.15) is 64.2 Å². The Morgan fingerprint density at radius 1 is 0.421 bits per heavy atom. The fourth-order valence-corrected chi connectivity index (χ4v) is 19.8. The van der Waals surface area contributed by atoms with E-state index in [1.807, 2.05) is 0 Å². The molecular weight excluding hydrogens is 1590 g/mol. The van der Waals surface area contributed by atoms with Gasteiger partial charge in [0.05, 0.1) is 125 Å². The zero-order chi connectivity index (χ0) is 86.3. The summed E-state index contributed by atoms with van der Waals surface area (Å²) in [6, 6.07) is 47.9. The van der Waals surface area contributed by atoms with Crippen molar-refractivity contribution in [2.45, 2.75) is 108 Å². The SMILES string of the molecule is C=CC(=O)N1CCN(c2nc(OC[C@@H]3CN(Cc4cc(N5CCc6c(nc(OC[C@@H]7COCCN7C)nc6N6CCN(C(=O)C=C)C(CC#N)C6)C5)c5ccccc5c4)CCO3)nc3c2CCN(c2cc(CN4CCO[C@@H](COc5nc6c(c(N7CCN(C(=O)C=C)C(CC#N)C7)n5)CCN(c5cccc7ccccc57)C6)C4)cc4ccccc24)C3)CC1CC#N. The van der Waals surface area contributed by atoms with Gasteiger partial charge in [0.15, 0.2) is 0 Å². The Hall–Kier alpha value is -12.6. The minimum atomic E-state index is -0.386. The van der Waals surface area contributed by atoms with Crippen LogP contribution in [0.2, 0.25) is 0 Å². The number of ether oxygens (including phenoxy) is 6. The molecule has 9 aliphatic rings. The quantitative estimate of drug-likeness (QED) is 0.0482. The normalized spacial score (nSPS) is 21.4. The van der Waals surface area contributed by atoms with Crippen molar-refractivity contribution in [1.29, 1.82) is 15.8 Å². The van der Waals surface area contributed by atoms with Gasteiger partial charge in [0, 0.05) is 174 Å². The second-order valence-corrected chi connectivity index (χ2v) is 34.1. The molecule has 3 aromatic heterocycles. The fraction of sp³-hybridized carbons (Fsp3) is 0.438. The number of carbonyl (C=O) groups is 3. The maximum atomic E-state index is 13.3. The van der Waals surface area contributed by atoms with Crippen LogP contribution in [0, 0.1) is 34.0 Å². The zero-order valence-electron chi connectivity index (χ0n) is 71.6. The molecule has 0 radical (unpaired) electrons. The Labute approximate surface area is 734 Å². The second kappa shape index (κ2) is 38.1.